The maximum absolute atomic E-state index is 12.0. The molecule has 1 aliphatic rings. The van der Waals surface area contributed by atoms with Crippen molar-refractivity contribution >= 4 is 16.3 Å². The lowest BCUT2D eigenvalue weighted by Gasteiger charge is -2.28. The van der Waals surface area contributed by atoms with Gasteiger partial charge >= 0.3 is 16.3 Å². The lowest BCUT2D eigenvalue weighted by molar-refractivity contribution is 0.0585. The second kappa shape index (κ2) is 8.28. The van der Waals surface area contributed by atoms with Crippen molar-refractivity contribution in [3.63, 3.8) is 0 Å². The SMILES string of the molecule is C[C@@H](NS(=O)(=O)NC(=O)OCc1ccccc1)C1CCOCC1. The highest BCUT2D eigenvalue weighted by Gasteiger charge is 2.25. The molecule has 7 nitrogen and oxygen atoms in total. The lowest BCUT2D eigenvalue weighted by atomic mass is 9.94. The van der Waals surface area contributed by atoms with Gasteiger partial charge in [-0.3, -0.25) is 0 Å². The number of benzene rings is 1. The molecule has 0 aliphatic carbocycles. The third kappa shape index (κ3) is 6.17. The average molecular weight is 342 g/mol. The minimum absolute atomic E-state index is 0.0116. The summed E-state index contributed by atoms with van der Waals surface area (Å²) in [6, 6.07) is 8.75. The molecule has 1 aromatic carbocycles. The Morgan fingerprint density at radius 2 is 1.96 bits per heavy atom. The van der Waals surface area contributed by atoms with E-state index in [1.165, 1.54) is 0 Å². The molecule has 8 heteroatoms. The summed E-state index contributed by atoms with van der Waals surface area (Å²) >= 11 is 0. The molecule has 1 saturated heterocycles. The molecule has 0 spiro atoms. The van der Waals surface area contributed by atoms with Crippen molar-refractivity contribution in [3.05, 3.63) is 35.9 Å². The smallest absolute Gasteiger partial charge is 0.422 e. The fourth-order valence-electron chi connectivity index (χ4n) is 2.45. The van der Waals surface area contributed by atoms with E-state index in [1.807, 2.05) is 22.9 Å². The largest absolute Gasteiger partial charge is 0.444 e. The summed E-state index contributed by atoms with van der Waals surface area (Å²) in [7, 11) is -3.95. The summed E-state index contributed by atoms with van der Waals surface area (Å²) in [5, 5.41) is 0. The van der Waals surface area contributed by atoms with Crippen LogP contribution in [0.15, 0.2) is 30.3 Å². The van der Waals surface area contributed by atoms with Crippen molar-refractivity contribution in [3.8, 4) is 0 Å². The summed E-state index contributed by atoms with van der Waals surface area (Å²) in [6.07, 6.45) is 0.588. The van der Waals surface area contributed by atoms with Crippen LogP contribution < -0.4 is 9.44 Å². The number of carbonyl (C=O) groups excluding carboxylic acids is 1. The summed E-state index contributed by atoms with van der Waals surface area (Å²) in [5.74, 6) is 0.195. The number of ether oxygens (including phenoxy) is 2. The van der Waals surface area contributed by atoms with Gasteiger partial charge in [0, 0.05) is 19.3 Å². The van der Waals surface area contributed by atoms with E-state index in [0.717, 1.165) is 18.4 Å². The Hall–Kier alpha value is -1.64. The fraction of sp³-hybridized carbons (Fsp3) is 0.533. The van der Waals surface area contributed by atoms with Gasteiger partial charge in [0.05, 0.1) is 0 Å². The maximum Gasteiger partial charge on any atom is 0.422 e. The minimum atomic E-state index is -3.95. The number of rotatable bonds is 6. The molecular formula is C15H22N2O5S. The fourth-order valence-corrected chi connectivity index (χ4v) is 3.47. The normalized spacial score (nSPS) is 17.4. The molecule has 0 unspecified atom stereocenters. The van der Waals surface area contributed by atoms with Crippen LogP contribution in [0.5, 0.6) is 0 Å². The molecule has 1 amide bonds. The van der Waals surface area contributed by atoms with E-state index >= 15 is 0 Å². The highest BCUT2D eigenvalue weighted by atomic mass is 32.2. The van der Waals surface area contributed by atoms with Crippen molar-refractivity contribution in [2.75, 3.05) is 13.2 Å². The van der Waals surface area contributed by atoms with Gasteiger partial charge in [-0.25, -0.2) is 9.52 Å². The van der Waals surface area contributed by atoms with Gasteiger partial charge in [0.15, 0.2) is 0 Å². The second-order valence-electron chi connectivity index (χ2n) is 5.52. The molecule has 0 saturated carbocycles. The number of amides is 1. The number of hydrogen-bond acceptors (Lipinski definition) is 5. The van der Waals surface area contributed by atoms with Gasteiger partial charge in [-0.05, 0) is 31.2 Å². The zero-order chi connectivity index (χ0) is 16.7. The summed E-state index contributed by atoms with van der Waals surface area (Å²) in [6.45, 7) is 3.05. The van der Waals surface area contributed by atoms with Crippen molar-refractivity contribution in [1.29, 1.82) is 0 Å². The molecule has 0 bridgehead atoms. The summed E-state index contributed by atoms with van der Waals surface area (Å²) in [4.78, 5) is 11.6. The Bertz CT molecular complexity index is 600. The molecule has 1 atom stereocenters. The zero-order valence-electron chi connectivity index (χ0n) is 13.0. The minimum Gasteiger partial charge on any atom is -0.444 e. The van der Waals surface area contributed by atoms with Crippen LogP contribution in [0.4, 0.5) is 4.79 Å². The predicted molar refractivity (Wildman–Crippen MR) is 84.8 cm³/mol. The first-order valence-electron chi connectivity index (χ1n) is 7.55. The third-order valence-corrected chi connectivity index (χ3v) is 4.86. The van der Waals surface area contributed by atoms with Crippen LogP contribution >= 0.6 is 0 Å². The Morgan fingerprint density at radius 1 is 1.30 bits per heavy atom. The molecule has 1 aliphatic heterocycles. The monoisotopic (exact) mass is 342 g/mol. The van der Waals surface area contributed by atoms with Gasteiger partial charge in [-0.2, -0.15) is 13.1 Å². The van der Waals surface area contributed by atoms with Crippen molar-refractivity contribution in [2.45, 2.75) is 32.4 Å². The van der Waals surface area contributed by atoms with Crippen LogP contribution in [-0.2, 0) is 26.3 Å². The first-order valence-corrected chi connectivity index (χ1v) is 9.03. The first-order chi connectivity index (χ1) is 11.0. The van der Waals surface area contributed by atoms with E-state index in [2.05, 4.69) is 4.72 Å². The van der Waals surface area contributed by atoms with Gasteiger partial charge in [0.2, 0.25) is 0 Å². The summed E-state index contributed by atoms with van der Waals surface area (Å²) in [5.41, 5.74) is 0.781. The molecule has 0 radical (unpaired) electrons. The van der Waals surface area contributed by atoms with Crippen LogP contribution in [-0.4, -0.2) is 33.8 Å². The van der Waals surface area contributed by atoms with E-state index in [0.29, 0.717) is 13.2 Å². The van der Waals surface area contributed by atoms with Crippen molar-refractivity contribution in [2.24, 2.45) is 5.92 Å². The van der Waals surface area contributed by atoms with Crippen LogP contribution in [0.2, 0.25) is 0 Å². The molecular weight excluding hydrogens is 320 g/mol. The topological polar surface area (TPSA) is 93.7 Å². The van der Waals surface area contributed by atoms with E-state index in [1.54, 1.807) is 19.1 Å². The molecule has 1 fully saturated rings. The van der Waals surface area contributed by atoms with Crippen molar-refractivity contribution in [1.82, 2.24) is 9.44 Å². The molecule has 23 heavy (non-hydrogen) atoms. The Kier molecular flexibility index (Phi) is 6.37. The van der Waals surface area contributed by atoms with E-state index < -0.39 is 16.3 Å². The van der Waals surface area contributed by atoms with Crippen LogP contribution in [0.1, 0.15) is 25.3 Å². The Morgan fingerprint density at radius 3 is 2.61 bits per heavy atom. The highest BCUT2D eigenvalue weighted by Crippen LogP contribution is 2.18. The van der Waals surface area contributed by atoms with Gasteiger partial charge in [-0.1, -0.05) is 30.3 Å². The van der Waals surface area contributed by atoms with Crippen molar-refractivity contribution < 1.29 is 22.7 Å². The summed E-state index contributed by atoms with van der Waals surface area (Å²) < 4.78 is 38.4. The van der Waals surface area contributed by atoms with Gasteiger partial charge in [-0.15, -0.1) is 0 Å². The van der Waals surface area contributed by atoms with Gasteiger partial charge in [0.25, 0.3) is 0 Å². The average Bonchev–Trinajstić information content (AvgIpc) is 2.54. The van der Waals surface area contributed by atoms with E-state index in [4.69, 9.17) is 9.47 Å². The zero-order valence-corrected chi connectivity index (χ0v) is 13.8. The molecule has 1 aromatic rings. The van der Waals surface area contributed by atoms with Crippen LogP contribution in [0.25, 0.3) is 0 Å². The molecule has 2 N–H and O–H groups in total. The Balaban J connectivity index is 1.79. The Labute approximate surface area is 136 Å². The van der Waals surface area contributed by atoms with E-state index in [-0.39, 0.29) is 18.6 Å². The van der Waals surface area contributed by atoms with Gasteiger partial charge < -0.3 is 9.47 Å². The molecule has 2 rings (SSSR count). The molecule has 1 heterocycles. The van der Waals surface area contributed by atoms with Gasteiger partial charge in [0.1, 0.15) is 6.61 Å². The standard InChI is InChI=1S/C15H22N2O5S/c1-12(14-7-9-21-10-8-14)16-23(19,20)17-15(18)22-11-13-5-3-2-4-6-13/h2-6,12,14,16H,7-11H2,1H3,(H,17,18)/t12-/m1/s1. The molecule has 0 aromatic heterocycles. The van der Waals surface area contributed by atoms with E-state index in [9.17, 15) is 13.2 Å². The van der Waals surface area contributed by atoms with Crippen LogP contribution in [0, 0.1) is 5.92 Å². The van der Waals surface area contributed by atoms with Crippen LogP contribution in [0.3, 0.4) is 0 Å². The lowest BCUT2D eigenvalue weighted by Crippen LogP contribution is -2.47. The quantitative estimate of drug-likeness (QED) is 0.818. The second-order valence-corrected chi connectivity index (χ2v) is 6.97. The highest BCUT2D eigenvalue weighted by molar-refractivity contribution is 7.88. The maximum atomic E-state index is 12.0. The number of hydrogen-bond donors (Lipinski definition) is 2. The number of carbonyl (C=O) groups is 1. The third-order valence-electron chi connectivity index (χ3n) is 3.74. The first kappa shape index (κ1) is 17.7. The molecule has 128 valence electrons. The predicted octanol–water partition coefficient (Wildman–Crippen LogP) is 1.56. The number of nitrogens with one attached hydrogen (secondary N) is 2.